The quantitative estimate of drug-likeness (QED) is 0.683. The number of para-hydroxylation sites is 1. The average Bonchev–Trinajstić information content (AvgIpc) is 2.70. The first-order valence-corrected chi connectivity index (χ1v) is 8.58. The van der Waals surface area contributed by atoms with Gasteiger partial charge >= 0.3 is 12.1 Å². The highest BCUT2D eigenvalue weighted by atomic mass is 19.4. The van der Waals surface area contributed by atoms with Crippen LogP contribution >= 0.6 is 0 Å². The SMILES string of the molecule is CCN(CC(=O)Nc1ccccc1C(F)(F)F)C(=O)COC(=O)C1=COCCO1. The molecule has 1 aromatic carbocycles. The highest BCUT2D eigenvalue weighted by Crippen LogP contribution is 2.34. The van der Waals surface area contributed by atoms with Crippen LogP contribution in [-0.2, 0) is 34.8 Å². The molecule has 1 aliphatic rings. The monoisotopic (exact) mass is 416 g/mol. The number of benzene rings is 1. The predicted molar refractivity (Wildman–Crippen MR) is 93.3 cm³/mol. The highest BCUT2D eigenvalue weighted by Gasteiger charge is 2.33. The minimum atomic E-state index is -4.64. The zero-order valence-corrected chi connectivity index (χ0v) is 15.5. The van der Waals surface area contributed by atoms with Crippen LogP contribution in [0.25, 0.3) is 0 Å². The summed E-state index contributed by atoms with van der Waals surface area (Å²) < 4.78 is 53.7. The molecule has 0 unspecified atom stereocenters. The zero-order chi connectivity index (χ0) is 21.4. The number of amides is 2. The van der Waals surface area contributed by atoms with Crippen LogP contribution in [0.1, 0.15) is 12.5 Å². The summed E-state index contributed by atoms with van der Waals surface area (Å²) in [6, 6.07) is 4.49. The first kappa shape index (κ1) is 22.1. The summed E-state index contributed by atoms with van der Waals surface area (Å²) in [6.45, 7) is 0.910. The number of nitrogens with zero attached hydrogens (tertiary/aromatic N) is 1. The number of likely N-dealkylation sites (N-methyl/N-ethyl adjacent to an activating group) is 1. The van der Waals surface area contributed by atoms with E-state index in [1.807, 2.05) is 0 Å². The van der Waals surface area contributed by atoms with Crippen molar-refractivity contribution in [1.82, 2.24) is 4.90 Å². The van der Waals surface area contributed by atoms with Crippen molar-refractivity contribution in [3.05, 3.63) is 41.9 Å². The van der Waals surface area contributed by atoms with E-state index in [4.69, 9.17) is 14.2 Å². The molecule has 0 spiro atoms. The Balaban J connectivity index is 1.92. The molecule has 0 atom stereocenters. The van der Waals surface area contributed by atoms with Gasteiger partial charge in [-0.25, -0.2) is 4.79 Å². The molecule has 1 aromatic rings. The van der Waals surface area contributed by atoms with Crippen LogP contribution < -0.4 is 5.32 Å². The summed E-state index contributed by atoms with van der Waals surface area (Å²) in [6.07, 6.45) is -3.57. The van der Waals surface area contributed by atoms with Crippen LogP contribution in [0, 0.1) is 0 Å². The molecule has 1 aliphatic heterocycles. The molecular weight excluding hydrogens is 397 g/mol. The molecule has 0 fully saturated rings. The Bertz CT molecular complexity index is 794. The number of anilines is 1. The number of alkyl halides is 3. The lowest BCUT2D eigenvalue weighted by Gasteiger charge is -2.21. The molecule has 0 radical (unpaired) electrons. The third-order valence-electron chi connectivity index (χ3n) is 3.75. The molecule has 1 heterocycles. The Kier molecular flexibility index (Phi) is 7.46. The smallest absolute Gasteiger partial charge is 0.418 e. The Morgan fingerprint density at radius 1 is 1.21 bits per heavy atom. The Morgan fingerprint density at radius 3 is 2.55 bits per heavy atom. The molecule has 2 rings (SSSR count). The number of hydrogen-bond donors (Lipinski definition) is 1. The lowest BCUT2D eigenvalue weighted by atomic mass is 10.1. The maximum absolute atomic E-state index is 13.0. The standard InChI is InChI=1S/C18H19F3N2O6/c1-2-23(16(25)11-29-17(26)14-10-27-7-8-28-14)9-15(24)22-13-6-4-3-5-12(13)18(19,20)21/h3-6,10H,2,7-9,11H2,1H3,(H,22,24). The summed E-state index contributed by atoms with van der Waals surface area (Å²) in [5, 5.41) is 2.15. The molecule has 0 saturated heterocycles. The van der Waals surface area contributed by atoms with E-state index in [0.717, 1.165) is 23.3 Å². The van der Waals surface area contributed by atoms with E-state index in [2.05, 4.69) is 5.32 Å². The van der Waals surface area contributed by atoms with Gasteiger partial charge < -0.3 is 24.4 Å². The van der Waals surface area contributed by atoms with Gasteiger partial charge in [0, 0.05) is 6.54 Å². The molecular formula is C18H19F3N2O6. The lowest BCUT2D eigenvalue weighted by molar-refractivity contribution is -0.152. The topological polar surface area (TPSA) is 94.2 Å². The summed E-state index contributed by atoms with van der Waals surface area (Å²) in [4.78, 5) is 37.1. The minimum Gasteiger partial charge on any atom is -0.493 e. The number of rotatable bonds is 7. The van der Waals surface area contributed by atoms with E-state index < -0.39 is 48.4 Å². The average molecular weight is 416 g/mol. The van der Waals surface area contributed by atoms with Crippen molar-refractivity contribution < 1.29 is 41.8 Å². The van der Waals surface area contributed by atoms with Crippen molar-refractivity contribution in [2.45, 2.75) is 13.1 Å². The second-order valence-electron chi connectivity index (χ2n) is 5.78. The van der Waals surface area contributed by atoms with Crippen LogP contribution in [0.5, 0.6) is 0 Å². The van der Waals surface area contributed by atoms with Crippen molar-refractivity contribution in [3.63, 3.8) is 0 Å². The van der Waals surface area contributed by atoms with Gasteiger partial charge in [0.05, 0.1) is 17.8 Å². The number of hydrogen-bond acceptors (Lipinski definition) is 6. The van der Waals surface area contributed by atoms with E-state index in [1.54, 1.807) is 6.92 Å². The van der Waals surface area contributed by atoms with E-state index >= 15 is 0 Å². The maximum atomic E-state index is 13.0. The number of esters is 1. The van der Waals surface area contributed by atoms with Gasteiger partial charge in [-0.15, -0.1) is 0 Å². The first-order chi connectivity index (χ1) is 13.7. The number of carbonyl (C=O) groups is 3. The van der Waals surface area contributed by atoms with Crippen molar-refractivity contribution in [2.75, 3.05) is 38.2 Å². The second-order valence-corrected chi connectivity index (χ2v) is 5.78. The highest BCUT2D eigenvalue weighted by molar-refractivity contribution is 5.95. The van der Waals surface area contributed by atoms with E-state index in [1.165, 1.54) is 12.1 Å². The molecule has 29 heavy (non-hydrogen) atoms. The fourth-order valence-corrected chi connectivity index (χ4v) is 2.34. The molecule has 158 valence electrons. The van der Waals surface area contributed by atoms with Gasteiger partial charge in [-0.1, -0.05) is 12.1 Å². The van der Waals surface area contributed by atoms with Crippen LogP contribution in [0.4, 0.5) is 18.9 Å². The van der Waals surface area contributed by atoms with Gasteiger partial charge in [0.25, 0.3) is 5.91 Å². The molecule has 1 N–H and O–H groups in total. The lowest BCUT2D eigenvalue weighted by Crippen LogP contribution is -2.40. The normalized spacial score (nSPS) is 13.4. The third-order valence-corrected chi connectivity index (χ3v) is 3.75. The van der Waals surface area contributed by atoms with Crippen LogP contribution in [0.3, 0.4) is 0 Å². The second kappa shape index (κ2) is 9.80. The fraction of sp³-hybridized carbons (Fsp3) is 0.389. The van der Waals surface area contributed by atoms with Crippen LogP contribution in [0.15, 0.2) is 36.3 Å². The molecule has 2 amide bonds. The molecule has 0 bridgehead atoms. The van der Waals surface area contributed by atoms with Gasteiger partial charge in [-0.2, -0.15) is 13.2 Å². The molecule has 8 nitrogen and oxygen atoms in total. The van der Waals surface area contributed by atoms with E-state index in [9.17, 15) is 27.6 Å². The number of ether oxygens (including phenoxy) is 3. The molecule has 0 aromatic heterocycles. The Hall–Kier alpha value is -3.24. The van der Waals surface area contributed by atoms with Crippen molar-refractivity contribution in [2.24, 2.45) is 0 Å². The molecule has 11 heteroatoms. The van der Waals surface area contributed by atoms with Crippen molar-refractivity contribution >= 4 is 23.5 Å². The summed E-state index contributed by atoms with van der Waals surface area (Å²) in [5.74, 6) is -2.61. The van der Waals surface area contributed by atoms with Gasteiger partial charge in [0.2, 0.25) is 11.7 Å². The van der Waals surface area contributed by atoms with Gasteiger partial charge in [-0.05, 0) is 19.1 Å². The van der Waals surface area contributed by atoms with Gasteiger partial charge in [0.1, 0.15) is 19.5 Å². The van der Waals surface area contributed by atoms with E-state index in [0.29, 0.717) is 0 Å². The van der Waals surface area contributed by atoms with Crippen LogP contribution in [0.2, 0.25) is 0 Å². The fourth-order valence-electron chi connectivity index (χ4n) is 2.34. The van der Waals surface area contributed by atoms with Crippen molar-refractivity contribution in [3.8, 4) is 0 Å². The number of carbonyl (C=O) groups excluding carboxylic acids is 3. The first-order valence-electron chi connectivity index (χ1n) is 8.58. The predicted octanol–water partition coefficient (Wildman–Crippen LogP) is 1.92. The van der Waals surface area contributed by atoms with E-state index in [-0.39, 0.29) is 25.5 Å². The minimum absolute atomic E-state index is 0.0764. The van der Waals surface area contributed by atoms with Crippen molar-refractivity contribution in [1.29, 1.82) is 0 Å². The Labute approximate surface area is 164 Å². The van der Waals surface area contributed by atoms with Crippen LogP contribution in [-0.4, -0.2) is 55.6 Å². The molecule has 0 saturated carbocycles. The van der Waals surface area contributed by atoms with Gasteiger partial charge in [0.15, 0.2) is 6.61 Å². The zero-order valence-electron chi connectivity index (χ0n) is 15.5. The summed E-state index contributed by atoms with van der Waals surface area (Å²) in [5.41, 5.74) is -1.42. The van der Waals surface area contributed by atoms with Gasteiger partial charge in [-0.3, -0.25) is 9.59 Å². The summed E-state index contributed by atoms with van der Waals surface area (Å²) in [7, 11) is 0. The molecule has 0 aliphatic carbocycles. The maximum Gasteiger partial charge on any atom is 0.418 e. The number of halogens is 3. The summed E-state index contributed by atoms with van der Waals surface area (Å²) >= 11 is 0. The largest absolute Gasteiger partial charge is 0.493 e. The number of nitrogens with one attached hydrogen (secondary N) is 1. The third kappa shape index (κ3) is 6.40. The Morgan fingerprint density at radius 2 is 1.93 bits per heavy atom.